The minimum Gasteiger partial charge on any atom is -0.484 e. The Morgan fingerprint density at radius 1 is 1.09 bits per heavy atom. The van der Waals surface area contributed by atoms with E-state index in [1.165, 1.54) is 0 Å². The second-order valence-corrected chi connectivity index (χ2v) is 9.49. The first-order chi connectivity index (χ1) is 16.0. The van der Waals surface area contributed by atoms with Crippen LogP contribution in [0.2, 0.25) is 0 Å². The highest BCUT2D eigenvalue weighted by Gasteiger charge is 2.35. The molecular weight excluding hydrogens is 506 g/mol. The van der Waals surface area contributed by atoms with Crippen molar-refractivity contribution < 1.29 is 19.1 Å². The highest BCUT2D eigenvalue weighted by atomic mass is 79.9. The van der Waals surface area contributed by atoms with Crippen LogP contribution in [-0.2, 0) is 20.9 Å². The second kappa shape index (κ2) is 10.6. The van der Waals surface area contributed by atoms with Crippen LogP contribution in [-0.4, -0.2) is 30.9 Å². The summed E-state index contributed by atoms with van der Waals surface area (Å²) in [5, 5.41) is 7.63. The molecule has 1 aliphatic heterocycles. The van der Waals surface area contributed by atoms with Crippen LogP contribution in [0.5, 0.6) is 5.75 Å². The number of benzene rings is 2. The Kier molecular flexibility index (Phi) is 7.41. The molecule has 2 N–H and O–H groups in total. The fourth-order valence-electron chi connectivity index (χ4n) is 3.47. The molecular formula is C24H22BrN3O4S. The fraction of sp³-hybridized carbons (Fsp3) is 0.208. The zero-order chi connectivity index (χ0) is 23.2. The number of hydrogen-bond acceptors (Lipinski definition) is 5. The molecule has 2 heterocycles. The van der Waals surface area contributed by atoms with Gasteiger partial charge < -0.3 is 20.3 Å². The first-order valence-electron chi connectivity index (χ1n) is 10.4. The molecule has 1 fully saturated rings. The first-order valence-corrected chi connectivity index (χ1v) is 12.0. The van der Waals surface area contributed by atoms with E-state index in [0.29, 0.717) is 30.2 Å². The van der Waals surface area contributed by atoms with E-state index >= 15 is 0 Å². The van der Waals surface area contributed by atoms with E-state index < -0.39 is 0 Å². The summed E-state index contributed by atoms with van der Waals surface area (Å²) < 4.78 is 6.48. The van der Waals surface area contributed by atoms with Crippen LogP contribution < -0.4 is 20.3 Å². The maximum Gasteiger partial charge on any atom is 0.262 e. The van der Waals surface area contributed by atoms with Gasteiger partial charge in [0.05, 0.1) is 12.5 Å². The quantitative estimate of drug-likeness (QED) is 0.459. The van der Waals surface area contributed by atoms with Gasteiger partial charge in [-0.15, -0.1) is 11.3 Å². The Morgan fingerprint density at radius 3 is 2.55 bits per heavy atom. The van der Waals surface area contributed by atoms with Crippen molar-refractivity contribution in [3.05, 3.63) is 75.4 Å². The number of rotatable bonds is 8. The van der Waals surface area contributed by atoms with Gasteiger partial charge in [0.15, 0.2) is 6.61 Å². The van der Waals surface area contributed by atoms with E-state index in [9.17, 15) is 14.4 Å². The van der Waals surface area contributed by atoms with Crippen LogP contribution in [0.4, 0.5) is 11.4 Å². The molecule has 0 radical (unpaired) electrons. The predicted molar refractivity (Wildman–Crippen MR) is 131 cm³/mol. The van der Waals surface area contributed by atoms with Crippen LogP contribution in [0, 0.1) is 5.92 Å². The van der Waals surface area contributed by atoms with E-state index in [0.717, 1.165) is 9.35 Å². The lowest BCUT2D eigenvalue weighted by Gasteiger charge is -2.17. The Bertz CT molecular complexity index is 1120. The molecule has 1 saturated heterocycles. The summed E-state index contributed by atoms with van der Waals surface area (Å²) in [4.78, 5) is 39.7. The van der Waals surface area contributed by atoms with Gasteiger partial charge in [0.25, 0.3) is 5.91 Å². The topological polar surface area (TPSA) is 87.7 Å². The molecule has 1 aliphatic rings. The number of amides is 3. The summed E-state index contributed by atoms with van der Waals surface area (Å²) in [5.74, 6) is -0.338. The summed E-state index contributed by atoms with van der Waals surface area (Å²) in [6, 6.07) is 18.1. The lowest BCUT2D eigenvalue weighted by molar-refractivity contribution is -0.126. The third kappa shape index (κ3) is 6.21. The average molecular weight is 528 g/mol. The normalized spacial score (nSPS) is 15.4. The van der Waals surface area contributed by atoms with Crippen molar-refractivity contribution in [2.75, 3.05) is 23.4 Å². The smallest absolute Gasteiger partial charge is 0.262 e. The minimum absolute atomic E-state index is 0.0891. The number of hydrogen-bond donors (Lipinski definition) is 2. The van der Waals surface area contributed by atoms with E-state index in [4.69, 9.17) is 4.74 Å². The van der Waals surface area contributed by atoms with Gasteiger partial charge in [0, 0.05) is 33.7 Å². The molecule has 7 nitrogen and oxygen atoms in total. The maximum atomic E-state index is 12.5. The SMILES string of the molecule is O=C(COc1ccc(N2C[C@H](C(=O)NCc3cccs3)CC2=O)cc1)Nc1ccc(Br)cc1. The van der Waals surface area contributed by atoms with Crippen molar-refractivity contribution in [2.24, 2.45) is 5.92 Å². The van der Waals surface area contributed by atoms with Crippen molar-refractivity contribution in [3.63, 3.8) is 0 Å². The molecule has 170 valence electrons. The number of halogens is 1. The average Bonchev–Trinajstić information content (AvgIpc) is 3.48. The molecule has 2 aromatic carbocycles. The van der Waals surface area contributed by atoms with Gasteiger partial charge >= 0.3 is 0 Å². The monoisotopic (exact) mass is 527 g/mol. The molecule has 0 bridgehead atoms. The van der Waals surface area contributed by atoms with Crippen molar-refractivity contribution in [1.82, 2.24) is 5.32 Å². The summed E-state index contributed by atoms with van der Waals surface area (Å²) >= 11 is 4.93. The van der Waals surface area contributed by atoms with Crippen LogP contribution >= 0.6 is 27.3 Å². The molecule has 33 heavy (non-hydrogen) atoms. The number of nitrogens with zero attached hydrogens (tertiary/aromatic N) is 1. The second-order valence-electron chi connectivity index (χ2n) is 7.54. The molecule has 9 heteroatoms. The number of carbonyl (C=O) groups excluding carboxylic acids is 3. The Hall–Kier alpha value is -3.17. The summed E-state index contributed by atoms with van der Waals surface area (Å²) in [6.07, 6.45) is 0.185. The van der Waals surface area contributed by atoms with Gasteiger partial charge in [-0.05, 0) is 60.0 Å². The fourth-order valence-corrected chi connectivity index (χ4v) is 4.37. The first kappa shape index (κ1) is 23.0. The van der Waals surface area contributed by atoms with Gasteiger partial charge in [-0.2, -0.15) is 0 Å². The standard InChI is InChI=1S/C24H22BrN3O4S/c25-17-3-5-18(6-4-17)27-22(29)15-32-20-9-7-19(8-10-20)28-14-16(12-23(28)30)24(31)26-13-21-2-1-11-33-21/h1-11,16H,12-15H2,(H,26,31)(H,27,29)/t16-/m1/s1. The van der Waals surface area contributed by atoms with Gasteiger partial charge in [-0.3, -0.25) is 14.4 Å². The summed E-state index contributed by atoms with van der Waals surface area (Å²) in [7, 11) is 0. The molecule has 3 aromatic rings. The third-order valence-electron chi connectivity index (χ3n) is 5.16. The van der Waals surface area contributed by atoms with E-state index in [2.05, 4.69) is 26.6 Å². The van der Waals surface area contributed by atoms with Crippen molar-refractivity contribution in [1.29, 1.82) is 0 Å². The molecule has 1 atom stereocenters. The molecule has 3 amide bonds. The minimum atomic E-state index is -0.379. The number of nitrogens with one attached hydrogen (secondary N) is 2. The maximum absolute atomic E-state index is 12.5. The number of anilines is 2. The number of thiophene rings is 1. The largest absolute Gasteiger partial charge is 0.484 e. The lowest BCUT2D eigenvalue weighted by atomic mass is 10.1. The zero-order valence-corrected chi connectivity index (χ0v) is 20.0. The molecule has 1 aromatic heterocycles. The molecule has 0 aliphatic carbocycles. The van der Waals surface area contributed by atoms with Crippen molar-refractivity contribution in [3.8, 4) is 5.75 Å². The van der Waals surface area contributed by atoms with Crippen molar-refractivity contribution >= 4 is 56.4 Å². The summed E-state index contributed by atoms with van der Waals surface area (Å²) in [6.45, 7) is 0.679. The van der Waals surface area contributed by atoms with Gasteiger partial charge in [-0.1, -0.05) is 22.0 Å². The van der Waals surface area contributed by atoms with Gasteiger partial charge in [0.1, 0.15) is 5.75 Å². The van der Waals surface area contributed by atoms with Gasteiger partial charge in [0.2, 0.25) is 11.8 Å². The van der Waals surface area contributed by atoms with E-state index in [1.807, 2.05) is 29.6 Å². The Morgan fingerprint density at radius 2 is 1.85 bits per heavy atom. The van der Waals surface area contributed by atoms with Crippen molar-refractivity contribution in [2.45, 2.75) is 13.0 Å². The highest BCUT2D eigenvalue weighted by Crippen LogP contribution is 2.27. The number of carbonyl (C=O) groups is 3. The van der Waals surface area contributed by atoms with E-state index in [-0.39, 0.29) is 36.7 Å². The molecule has 4 rings (SSSR count). The highest BCUT2D eigenvalue weighted by molar-refractivity contribution is 9.10. The zero-order valence-electron chi connectivity index (χ0n) is 17.6. The number of ether oxygens (including phenoxy) is 1. The van der Waals surface area contributed by atoms with Crippen LogP contribution in [0.1, 0.15) is 11.3 Å². The molecule has 0 spiro atoms. The predicted octanol–water partition coefficient (Wildman–Crippen LogP) is 4.20. The Labute approximate surface area is 203 Å². The van der Waals surface area contributed by atoms with Crippen LogP contribution in [0.3, 0.4) is 0 Å². The Balaban J connectivity index is 1.26. The van der Waals surface area contributed by atoms with E-state index in [1.54, 1.807) is 52.6 Å². The molecule has 0 saturated carbocycles. The lowest BCUT2D eigenvalue weighted by Crippen LogP contribution is -2.32. The van der Waals surface area contributed by atoms with Crippen LogP contribution in [0.25, 0.3) is 0 Å². The van der Waals surface area contributed by atoms with Gasteiger partial charge in [-0.25, -0.2) is 0 Å². The molecule has 0 unspecified atom stereocenters. The van der Waals surface area contributed by atoms with Crippen LogP contribution in [0.15, 0.2) is 70.5 Å². The third-order valence-corrected chi connectivity index (χ3v) is 6.56. The summed E-state index contributed by atoms with van der Waals surface area (Å²) in [5.41, 5.74) is 1.38.